The first-order chi connectivity index (χ1) is 7.96. The number of rotatable bonds is 3. The predicted octanol–water partition coefficient (Wildman–Crippen LogP) is 3.54. The molecule has 0 fully saturated rings. The number of pyridine rings is 1. The van der Waals surface area contributed by atoms with Crippen LogP contribution in [0, 0.1) is 6.92 Å². The molecule has 2 rings (SSSR count). The first-order valence-corrected chi connectivity index (χ1v) is 5.50. The van der Waals surface area contributed by atoms with Gasteiger partial charge < -0.3 is 4.74 Å². The molecule has 0 unspecified atom stereocenters. The van der Waals surface area contributed by atoms with Gasteiger partial charge in [-0.3, -0.25) is 4.98 Å². The van der Waals surface area contributed by atoms with E-state index in [0.29, 0.717) is 5.56 Å². The van der Waals surface area contributed by atoms with Crippen LogP contribution in [-0.4, -0.2) is 10.4 Å². The maximum absolute atomic E-state index is 12.5. The molecule has 0 radical (unpaired) electrons. The fourth-order valence-corrected chi connectivity index (χ4v) is 1.74. The number of fused-ring (bicyclic) bond motifs is 1. The predicted molar refractivity (Wildman–Crippen MR) is 65.2 cm³/mol. The van der Waals surface area contributed by atoms with Gasteiger partial charge in [-0.05, 0) is 24.6 Å². The molecule has 0 spiro atoms. The van der Waals surface area contributed by atoms with Gasteiger partial charge in [-0.15, -0.1) is 0 Å². The van der Waals surface area contributed by atoms with Crippen molar-refractivity contribution in [1.29, 1.82) is 0 Å². The molecule has 2 nitrogen and oxygen atoms in total. The van der Waals surface area contributed by atoms with Crippen LogP contribution in [0.3, 0.4) is 0 Å². The number of benzene rings is 1. The molecule has 0 saturated carbocycles. The summed E-state index contributed by atoms with van der Waals surface area (Å²) in [7, 11) is 0. The summed E-state index contributed by atoms with van der Waals surface area (Å²) in [4.78, 5) is 4.32. The van der Waals surface area contributed by atoms with Gasteiger partial charge in [0.1, 0.15) is 0 Å². The average molecular weight is 255 g/mol. The minimum atomic E-state index is -3.42. The highest BCUT2D eigenvalue weighted by Crippen LogP contribution is 2.24. The number of halogens is 2. The minimum absolute atomic E-state index is 0.194. The summed E-state index contributed by atoms with van der Waals surface area (Å²) in [5.74, 6) is 0. The van der Waals surface area contributed by atoms with Crippen LogP contribution in [-0.2, 0) is 11.3 Å². The van der Waals surface area contributed by atoms with E-state index < -0.39 is 5.44 Å². The van der Waals surface area contributed by atoms with Crippen molar-refractivity contribution in [1.82, 2.24) is 4.98 Å². The molecule has 1 aromatic carbocycles. The molecular formula is C12H11F2NOS. The molecule has 0 aliphatic rings. The summed E-state index contributed by atoms with van der Waals surface area (Å²) in [6.07, 6.45) is 0. The van der Waals surface area contributed by atoms with Gasteiger partial charge in [0.2, 0.25) is 0 Å². The number of hydrogen-bond acceptors (Lipinski definition) is 3. The molecule has 0 N–H and O–H groups in total. The van der Waals surface area contributed by atoms with Crippen molar-refractivity contribution in [2.24, 2.45) is 0 Å². The zero-order valence-electron chi connectivity index (χ0n) is 9.15. The van der Waals surface area contributed by atoms with Crippen molar-refractivity contribution in [2.75, 3.05) is 0 Å². The number of aromatic nitrogens is 1. The summed E-state index contributed by atoms with van der Waals surface area (Å²) in [5, 5.41) is 0.815. The second-order valence-electron chi connectivity index (χ2n) is 3.71. The van der Waals surface area contributed by atoms with Crippen LogP contribution < -0.4 is 0 Å². The Balaban J connectivity index is 2.39. The number of nitrogens with zero attached hydrogens (tertiary/aromatic N) is 1. The second kappa shape index (κ2) is 4.58. The summed E-state index contributed by atoms with van der Waals surface area (Å²) < 4.78 is 29.5. The van der Waals surface area contributed by atoms with Crippen LogP contribution in [0.15, 0.2) is 30.3 Å². The van der Waals surface area contributed by atoms with E-state index in [0.717, 1.165) is 16.6 Å². The lowest BCUT2D eigenvalue weighted by Gasteiger charge is -2.12. The molecule has 2 aromatic rings. The molecule has 5 heteroatoms. The monoisotopic (exact) mass is 255 g/mol. The first-order valence-electron chi connectivity index (χ1n) is 5.05. The van der Waals surface area contributed by atoms with Crippen LogP contribution in [0.4, 0.5) is 8.78 Å². The van der Waals surface area contributed by atoms with E-state index in [4.69, 9.17) is 0 Å². The average Bonchev–Trinajstić information content (AvgIpc) is 2.24. The van der Waals surface area contributed by atoms with Crippen LogP contribution in [0.5, 0.6) is 0 Å². The topological polar surface area (TPSA) is 22.1 Å². The lowest BCUT2D eigenvalue weighted by Crippen LogP contribution is -2.12. The molecule has 0 saturated heterocycles. The van der Waals surface area contributed by atoms with E-state index in [1.807, 2.05) is 31.2 Å². The molecule has 0 atom stereocenters. The van der Waals surface area contributed by atoms with E-state index in [2.05, 4.69) is 22.3 Å². The molecular weight excluding hydrogens is 244 g/mol. The number of ether oxygens (including phenoxy) is 1. The highest BCUT2D eigenvalue weighted by atomic mass is 32.1. The standard InChI is InChI=1S/C12H11F2NOS/c1-8-6-9(7-16-12(13,14)17)10-4-2-3-5-11(10)15-8/h2-6,17H,7H2,1H3. The van der Waals surface area contributed by atoms with Gasteiger partial charge >= 0.3 is 5.44 Å². The Morgan fingerprint density at radius 2 is 2.06 bits per heavy atom. The smallest absolute Gasteiger partial charge is 0.307 e. The Hall–Kier alpha value is -1.20. The van der Waals surface area contributed by atoms with Crippen molar-refractivity contribution in [2.45, 2.75) is 19.0 Å². The zero-order chi connectivity index (χ0) is 12.5. The number of alkyl halides is 2. The largest absolute Gasteiger partial charge is 0.405 e. The summed E-state index contributed by atoms with van der Waals surface area (Å²) in [6, 6.07) is 9.10. The van der Waals surface area contributed by atoms with Gasteiger partial charge in [0.05, 0.1) is 12.1 Å². The number of hydrogen-bond donors (Lipinski definition) is 1. The van der Waals surface area contributed by atoms with Crippen molar-refractivity contribution >= 4 is 23.5 Å². The summed E-state index contributed by atoms with van der Waals surface area (Å²) in [5.41, 5.74) is -1.20. The van der Waals surface area contributed by atoms with Gasteiger partial charge in [0.15, 0.2) is 0 Å². The minimum Gasteiger partial charge on any atom is -0.307 e. The molecule has 1 aromatic heterocycles. The van der Waals surface area contributed by atoms with Gasteiger partial charge in [-0.1, -0.05) is 30.8 Å². The fraction of sp³-hybridized carbons (Fsp3) is 0.250. The Labute approximate surface area is 103 Å². The normalized spacial score (nSPS) is 12.0. The Morgan fingerprint density at radius 1 is 1.35 bits per heavy atom. The van der Waals surface area contributed by atoms with Gasteiger partial charge in [-0.25, -0.2) is 0 Å². The lowest BCUT2D eigenvalue weighted by atomic mass is 10.1. The molecule has 0 aliphatic heterocycles. The lowest BCUT2D eigenvalue weighted by molar-refractivity contribution is -0.168. The van der Waals surface area contributed by atoms with Crippen LogP contribution in [0.2, 0.25) is 0 Å². The highest BCUT2D eigenvalue weighted by molar-refractivity contribution is 7.81. The molecule has 1 heterocycles. The third kappa shape index (κ3) is 3.14. The molecule has 0 bridgehead atoms. The third-order valence-electron chi connectivity index (χ3n) is 2.33. The van der Waals surface area contributed by atoms with Crippen LogP contribution in [0.1, 0.15) is 11.3 Å². The van der Waals surface area contributed by atoms with E-state index in [-0.39, 0.29) is 6.61 Å². The van der Waals surface area contributed by atoms with Crippen LogP contribution >= 0.6 is 12.6 Å². The van der Waals surface area contributed by atoms with Crippen LogP contribution in [0.25, 0.3) is 10.9 Å². The van der Waals surface area contributed by atoms with Crippen molar-refractivity contribution in [3.05, 3.63) is 41.6 Å². The number of para-hydroxylation sites is 1. The number of thiol groups is 1. The van der Waals surface area contributed by atoms with Crippen molar-refractivity contribution in [3.63, 3.8) is 0 Å². The third-order valence-corrected chi connectivity index (χ3v) is 2.46. The quantitative estimate of drug-likeness (QED) is 0.669. The highest BCUT2D eigenvalue weighted by Gasteiger charge is 2.23. The van der Waals surface area contributed by atoms with E-state index >= 15 is 0 Å². The molecule has 90 valence electrons. The van der Waals surface area contributed by atoms with E-state index in [1.165, 1.54) is 0 Å². The second-order valence-corrected chi connectivity index (χ2v) is 4.24. The fourth-order valence-electron chi connectivity index (χ4n) is 1.68. The Bertz CT molecular complexity index is 540. The molecule has 0 amide bonds. The van der Waals surface area contributed by atoms with Gasteiger partial charge in [0, 0.05) is 11.1 Å². The summed E-state index contributed by atoms with van der Waals surface area (Å²) >= 11 is 3.03. The maximum atomic E-state index is 12.5. The molecule has 17 heavy (non-hydrogen) atoms. The van der Waals surface area contributed by atoms with Crippen molar-refractivity contribution < 1.29 is 13.5 Å². The summed E-state index contributed by atoms with van der Waals surface area (Å²) in [6.45, 7) is 1.62. The van der Waals surface area contributed by atoms with Gasteiger partial charge in [-0.2, -0.15) is 8.78 Å². The zero-order valence-corrected chi connectivity index (χ0v) is 10.0. The Morgan fingerprint density at radius 3 is 2.76 bits per heavy atom. The van der Waals surface area contributed by atoms with E-state index in [9.17, 15) is 8.78 Å². The number of aryl methyl sites for hydroxylation is 1. The van der Waals surface area contributed by atoms with Gasteiger partial charge in [0.25, 0.3) is 0 Å². The SMILES string of the molecule is Cc1cc(COC(F)(F)S)c2ccccc2n1. The molecule has 0 aliphatic carbocycles. The van der Waals surface area contributed by atoms with Crippen molar-refractivity contribution in [3.8, 4) is 0 Å². The maximum Gasteiger partial charge on any atom is 0.405 e. The first kappa shape index (κ1) is 12.3. The van der Waals surface area contributed by atoms with E-state index in [1.54, 1.807) is 6.07 Å². The Kier molecular flexibility index (Phi) is 3.31.